The van der Waals surface area contributed by atoms with Gasteiger partial charge in [0.15, 0.2) is 0 Å². The molecule has 140 valence electrons. The highest BCUT2D eigenvalue weighted by Crippen LogP contribution is 2.24. The Morgan fingerprint density at radius 1 is 1.29 bits per heavy atom. The third kappa shape index (κ3) is 7.25. The topological polar surface area (TPSA) is 62.2 Å². The average Bonchev–Trinajstić information content (AvgIpc) is 2.98. The van der Waals surface area contributed by atoms with E-state index in [1.165, 1.54) is 4.90 Å². The summed E-state index contributed by atoms with van der Waals surface area (Å²) in [6.45, 7) is 1.70. The van der Waals surface area contributed by atoms with E-state index in [2.05, 4.69) is 15.6 Å². The summed E-state index contributed by atoms with van der Waals surface area (Å²) >= 11 is 0. The van der Waals surface area contributed by atoms with Crippen LogP contribution in [0.5, 0.6) is 0 Å². The summed E-state index contributed by atoms with van der Waals surface area (Å²) in [5, 5.41) is 5.41. The van der Waals surface area contributed by atoms with Gasteiger partial charge in [0, 0.05) is 58.1 Å². The fraction of sp³-hybridized carbons (Fsp3) is 0.692. The standard InChI is InChI=1S/C13H20F3N5O.2ClH/c14-13(15,16)11(21-7-3-17-4-8-21)9-19-12(22)1-5-20-6-2-18-10-20;;/h2,6,10-11,17H,1,3-5,7-9H2,(H,19,22);2*1H. The van der Waals surface area contributed by atoms with Crippen molar-refractivity contribution in [3.63, 3.8) is 0 Å². The lowest BCUT2D eigenvalue weighted by molar-refractivity contribution is -0.184. The molecule has 0 spiro atoms. The maximum atomic E-state index is 13.1. The maximum Gasteiger partial charge on any atom is 0.405 e. The van der Waals surface area contributed by atoms with Crippen molar-refractivity contribution < 1.29 is 18.0 Å². The molecule has 24 heavy (non-hydrogen) atoms. The number of alkyl halides is 3. The summed E-state index contributed by atoms with van der Waals surface area (Å²) in [6, 6.07) is -1.63. The van der Waals surface area contributed by atoms with Crippen molar-refractivity contribution >= 4 is 30.7 Å². The molecule has 1 aromatic rings. The Labute approximate surface area is 151 Å². The number of halogens is 5. The molecular formula is C13H22Cl2F3N5O. The minimum absolute atomic E-state index is 0. The Balaban J connectivity index is 0.00000264. The summed E-state index contributed by atoms with van der Waals surface area (Å²) in [4.78, 5) is 16.9. The summed E-state index contributed by atoms with van der Waals surface area (Å²) in [5.74, 6) is -0.391. The molecule has 1 aliphatic heterocycles. The molecule has 0 aromatic carbocycles. The molecule has 0 aliphatic carbocycles. The van der Waals surface area contributed by atoms with E-state index in [0.717, 1.165) is 0 Å². The van der Waals surface area contributed by atoms with Crippen LogP contribution in [0.15, 0.2) is 18.7 Å². The second-order valence-electron chi connectivity index (χ2n) is 5.20. The highest BCUT2D eigenvalue weighted by Gasteiger charge is 2.43. The highest BCUT2D eigenvalue weighted by molar-refractivity contribution is 5.85. The lowest BCUT2D eigenvalue weighted by Crippen LogP contribution is -2.57. The molecule has 2 heterocycles. The van der Waals surface area contributed by atoms with Gasteiger partial charge in [-0.3, -0.25) is 9.69 Å². The molecule has 1 atom stereocenters. The van der Waals surface area contributed by atoms with E-state index in [-0.39, 0.29) is 31.2 Å². The summed E-state index contributed by atoms with van der Waals surface area (Å²) in [6.07, 6.45) is 0.624. The van der Waals surface area contributed by atoms with E-state index in [9.17, 15) is 18.0 Å². The quantitative estimate of drug-likeness (QED) is 0.761. The minimum Gasteiger partial charge on any atom is -0.354 e. The Morgan fingerprint density at radius 3 is 2.50 bits per heavy atom. The molecule has 2 rings (SSSR count). The molecule has 1 fully saturated rings. The van der Waals surface area contributed by atoms with Crippen molar-refractivity contribution in [2.45, 2.75) is 25.2 Å². The number of carbonyl (C=O) groups is 1. The van der Waals surface area contributed by atoms with Gasteiger partial charge in [-0.1, -0.05) is 0 Å². The predicted octanol–water partition coefficient (Wildman–Crippen LogP) is 1.07. The first-order valence-corrected chi connectivity index (χ1v) is 7.21. The zero-order chi connectivity index (χ0) is 16.0. The van der Waals surface area contributed by atoms with Gasteiger partial charge >= 0.3 is 6.18 Å². The van der Waals surface area contributed by atoms with E-state index >= 15 is 0 Å². The molecule has 11 heteroatoms. The molecule has 1 unspecified atom stereocenters. The van der Waals surface area contributed by atoms with Crippen LogP contribution in [0.1, 0.15) is 6.42 Å². The number of nitrogens with zero attached hydrogens (tertiary/aromatic N) is 3. The van der Waals surface area contributed by atoms with Crippen LogP contribution in [0, 0.1) is 0 Å². The molecule has 6 nitrogen and oxygen atoms in total. The first kappa shape index (κ1) is 23.0. The van der Waals surface area contributed by atoms with E-state index in [1.807, 2.05) is 0 Å². The van der Waals surface area contributed by atoms with Gasteiger partial charge in [-0.25, -0.2) is 4.98 Å². The molecule has 2 N–H and O–H groups in total. The third-order valence-electron chi connectivity index (χ3n) is 3.62. The van der Waals surface area contributed by atoms with E-state index < -0.39 is 24.7 Å². The molecule has 0 saturated carbocycles. The van der Waals surface area contributed by atoms with Crippen LogP contribution >= 0.6 is 24.8 Å². The third-order valence-corrected chi connectivity index (χ3v) is 3.62. The van der Waals surface area contributed by atoms with Crippen LogP contribution < -0.4 is 10.6 Å². The number of carbonyl (C=O) groups excluding carboxylic acids is 1. The van der Waals surface area contributed by atoms with E-state index in [0.29, 0.717) is 32.7 Å². The normalized spacial score (nSPS) is 16.6. The number of imidazole rings is 1. The Hall–Kier alpha value is -1.03. The number of rotatable bonds is 6. The van der Waals surface area contributed by atoms with Crippen LogP contribution in [-0.4, -0.2) is 65.3 Å². The van der Waals surface area contributed by atoms with Crippen LogP contribution in [0.2, 0.25) is 0 Å². The molecular weight excluding hydrogens is 370 g/mol. The van der Waals surface area contributed by atoms with Crippen molar-refractivity contribution in [1.82, 2.24) is 25.1 Å². The number of aromatic nitrogens is 2. The first-order valence-electron chi connectivity index (χ1n) is 7.21. The summed E-state index contributed by atoms with van der Waals surface area (Å²) < 4.78 is 41.1. The second-order valence-corrected chi connectivity index (χ2v) is 5.20. The Kier molecular flexibility index (Phi) is 10.3. The van der Waals surface area contributed by atoms with Crippen molar-refractivity contribution in [3.8, 4) is 0 Å². The maximum absolute atomic E-state index is 13.1. The van der Waals surface area contributed by atoms with E-state index in [1.54, 1.807) is 23.3 Å². The number of hydrogen-bond donors (Lipinski definition) is 2. The average molecular weight is 392 g/mol. The summed E-state index contributed by atoms with van der Waals surface area (Å²) in [5.41, 5.74) is 0. The predicted molar refractivity (Wildman–Crippen MR) is 88.6 cm³/mol. The van der Waals surface area contributed by atoms with Gasteiger partial charge in [-0.15, -0.1) is 24.8 Å². The number of piperazine rings is 1. The van der Waals surface area contributed by atoms with Gasteiger partial charge in [0.2, 0.25) is 5.91 Å². The lowest BCUT2D eigenvalue weighted by Gasteiger charge is -2.35. The fourth-order valence-electron chi connectivity index (χ4n) is 2.39. The van der Waals surface area contributed by atoms with Crippen molar-refractivity contribution in [1.29, 1.82) is 0 Å². The Morgan fingerprint density at radius 2 is 1.96 bits per heavy atom. The fourth-order valence-corrected chi connectivity index (χ4v) is 2.39. The molecule has 0 bridgehead atoms. The van der Waals surface area contributed by atoms with Crippen LogP contribution in [-0.2, 0) is 11.3 Å². The molecule has 1 saturated heterocycles. The van der Waals surface area contributed by atoms with Gasteiger partial charge in [0.25, 0.3) is 0 Å². The lowest BCUT2D eigenvalue weighted by atomic mass is 10.2. The molecule has 1 aliphatic rings. The van der Waals surface area contributed by atoms with Crippen molar-refractivity contribution in [3.05, 3.63) is 18.7 Å². The van der Waals surface area contributed by atoms with Crippen molar-refractivity contribution in [2.75, 3.05) is 32.7 Å². The molecule has 0 radical (unpaired) electrons. The van der Waals surface area contributed by atoms with Gasteiger partial charge in [-0.05, 0) is 0 Å². The Bertz CT molecular complexity index is 467. The monoisotopic (exact) mass is 391 g/mol. The number of aryl methyl sites for hydroxylation is 1. The smallest absolute Gasteiger partial charge is 0.354 e. The highest BCUT2D eigenvalue weighted by atomic mass is 35.5. The SMILES string of the molecule is Cl.Cl.O=C(CCn1ccnc1)NCC(N1CCNCC1)C(F)(F)F. The largest absolute Gasteiger partial charge is 0.405 e. The van der Waals surface area contributed by atoms with Gasteiger partial charge < -0.3 is 15.2 Å². The molecule has 1 amide bonds. The number of hydrogen-bond acceptors (Lipinski definition) is 4. The van der Waals surface area contributed by atoms with Crippen LogP contribution in [0.3, 0.4) is 0 Å². The number of amides is 1. The zero-order valence-electron chi connectivity index (χ0n) is 13.0. The number of nitrogens with one attached hydrogen (secondary N) is 2. The van der Waals surface area contributed by atoms with Gasteiger partial charge in [0.1, 0.15) is 6.04 Å². The van der Waals surface area contributed by atoms with Crippen molar-refractivity contribution in [2.24, 2.45) is 0 Å². The van der Waals surface area contributed by atoms with E-state index in [4.69, 9.17) is 0 Å². The second kappa shape index (κ2) is 10.8. The zero-order valence-corrected chi connectivity index (χ0v) is 14.6. The summed E-state index contributed by atoms with van der Waals surface area (Å²) in [7, 11) is 0. The van der Waals surface area contributed by atoms with Crippen LogP contribution in [0.4, 0.5) is 13.2 Å². The van der Waals surface area contributed by atoms with Crippen LogP contribution in [0.25, 0.3) is 0 Å². The van der Waals surface area contributed by atoms with Gasteiger partial charge in [0.05, 0.1) is 6.33 Å². The van der Waals surface area contributed by atoms with Gasteiger partial charge in [-0.2, -0.15) is 13.2 Å². The molecule has 1 aromatic heterocycles. The first-order chi connectivity index (χ1) is 10.5. The minimum atomic E-state index is -4.35.